The zero-order valence-electron chi connectivity index (χ0n) is 15.0. The van der Waals surface area contributed by atoms with E-state index in [1.165, 1.54) is 6.07 Å². The molecule has 140 valence electrons. The highest BCUT2D eigenvalue weighted by atomic mass is 16.3. The van der Waals surface area contributed by atoms with Crippen LogP contribution < -0.4 is 5.32 Å². The molecule has 28 heavy (non-hydrogen) atoms. The molecule has 1 heterocycles. The van der Waals surface area contributed by atoms with Gasteiger partial charge in [-0.25, -0.2) is 4.98 Å². The van der Waals surface area contributed by atoms with Crippen molar-refractivity contribution in [1.29, 1.82) is 0 Å². The Morgan fingerprint density at radius 2 is 1.71 bits per heavy atom. The zero-order valence-corrected chi connectivity index (χ0v) is 15.0. The molecule has 0 aliphatic carbocycles. The molecule has 6 nitrogen and oxygen atoms in total. The lowest BCUT2D eigenvalue weighted by atomic mass is 10.1. The molecule has 0 aliphatic heterocycles. The molecule has 4 rings (SSSR count). The van der Waals surface area contributed by atoms with Gasteiger partial charge in [0.15, 0.2) is 0 Å². The first-order chi connectivity index (χ1) is 13.6. The number of aromatic hydroxyl groups is 2. The van der Waals surface area contributed by atoms with E-state index in [4.69, 9.17) is 0 Å². The van der Waals surface area contributed by atoms with Crippen LogP contribution in [0.25, 0.3) is 22.4 Å². The first kappa shape index (κ1) is 17.6. The van der Waals surface area contributed by atoms with E-state index in [1.54, 1.807) is 18.2 Å². The number of amides is 1. The van der Waals surface area contributed by atoms with Gasteiger partial charge in [-0.1, -0.05) is 42.5 Å². The second kappa shape index (κ2) is 7.44. The molecule has 4 aromatic rings. The van der Waals surface area contributed by atoms with Crippen LogP contribution in [0.1, 0.15) is 15.9 Å². The van der Waals surface area contributed by atoms with Crippen molar-refractivity contribution in [2.45, 2.75) is 6.42 Å². The summed E-state index contributed by atoms with van der Waals surface area (Å²) in [6, 6.07) is 19.5. The van der Waals surface area contributed by atoms with Crippen molar-refractivity contribution in [3.8, 4) is 22.9 Å². The van der Waals surface area contributed by atoms with Gasteiger partial charge < -0.3 is 20.5 Å². The molecule has 3 aromatic carbocycles. The molecular formula is C22H19N3O3. The Labute approximate surface area is 161 Å². The normalized spacial score (nSPS) is 10.9. The second-order valence-electron chi connectivity index (χ2n) is 6.48. The fourth-order valence-corrected chi connectivity index (χ4v) is 3.08. The van der Waals surface area contributed by atoms with Gasteiger partial charge in [0.2, 0.25) is 0 Å². The van der Waals surface area contributed by atoms with Gasteiger partial charge in [-0.15, -0.1) is 0 Å². The lowest BCUT2D eigenvalue weighted by Crippen LogP contribution is -2.25. The summed E-state index contributed by atoms with van der Waals surface area (Å²) in [7, 11) is 0. The van der Waals surface area contributed by atoms with Crippen LogP contribution in [-0.2, 0) is 6.42 Å². The second-order valence-corrected chi connectivity index (χ2v) is 6.48. The molecule has 0 unspecified atom stereocenters. The van der Waals surface area contributed by atoms with Crippen LogP contribution in [0.15, 0.2) is 66.7 Å². The molecule has 1 aromatic heterocycles. The standard InChI is InChI=1S/C22H19N3O3/c26-16-8-6-14(7-9-16)12-13-23-22(28)17-10-11-18(27)20-19(17)24-21(25-20)15-4-2-1-3-5-15/h1-11,26-27H,12-13H2,(H,23,28)(H,24,25). The van der Waals surface area contributed by atoms with Gasteiger partial charge in [0, 0.05) is 12.1 Å². The molecule has 0 saturated heterocycles. The largest absolute Gasteiger partial charge is 0.508 e. The van der Waals surface area contributed by atoms with Gasteiger partial charge in [0.05, 0.1) is 11.1 Å². The summed E-state index contributed by atoms with van der Waals surface area (Å²) in [4.78, 5) is 20.3. The third-order valence-electron chi connectivity index (χ3n) is 4.55. The van der Waals surface area contributed by atoms with Crippen LogP contribution in [0.3, 0.4) is 0 Å². The molecule has 0 atom stereocenters. The number of H-pyrrole nitrogens is 1. The molecule has 0 fully saturated rings. The van der Waals surface area contributed by atoms with Gasteiger partial charge >= 0.3 is 0 Å². The van der Waals surface area contributed by atoms with Crippen LogP contribution in [0.5, 0.6) is 11.5 Å². The quantitative estimate of drug-likeness (QED) is 0.429. The minimum absolute atomic E-state index is 0.0223. The summed E-state index contributed by atoms with van der Waals surface area (Å²) in [6.07, 6.45) is 0.644. The van der Waals surface area contributed by atoms with E-state index in [0.29, 0.717) is 35.4 Å². The Balaban J connectivity index is 1.55. The summed E-state index contributed by atoms with van der Waals surface area (Å²) < 4.78 is 0. The molecule has 0 aliphatic rings. The summed E-state index contributed by atoms with van der Waals surface area (Å²) in [5.41, 5.74) is 3.18. The van der Waals surface area contributed by atoms with Crippen LogP contribution in [-0.4, -0.2) is 32.6 Å². The number of benzene rings is 3. The van der Waals surface area contributed by atoms with E-state index < -0.39 is 0 Å². The smallest absolute Gasteiger partial charge is 0.253 e. The third kappa shape index (κ3) is 3.53. The number of phenols is 2. The van der Waals surface area contributed by atoms with Crippen molar-refractivity contribution in [2.24, 2.45) is 0 Å². The number of carbonyl (C=O) groups excluding carboxylic acids is 1. The maximum absolute atomic E-state index is 12.7. The number of fused-ring (bicyclic) bond motifs is 1. The average molecular weight is 373 g/mol. The highest BCUT2D eigenvalue weighted by Gasteiger charge is 2.16. The summed E-state index contributed by atoms with van der Waals surface area (Å²) >= 11 is 0. The monoisotopic (exact) mass is 373 g/mol. The number of nitrogens with zero attached hydrogens (tertiary/aromatic N) is 1. The van der Waals surface area contributed by atoms with Crippen LogP contribution in [0, 0.1) is 0 Å². The van der Waals surface area contributed by atoms with E-state index in [-0.39, 0.29) is 17.4 Å². The predicted molar refractivity (Wildman–Crippen MR) is 107 cm³/mol. The van der Waals surface area contributed by atoms with Gasteiger partial charge in [-0.3, -0.25) is 4.79 Å². The molecule has 6 heteroatoms. The Morgan fingerprint density at radius 3 is 2.46 bits per heavy atom. The average Bonchev–Trinajstić information content (AvgIpc) is 3.17. The Hall–Kier alpha value is -3.80. The van der Waals surface area contributed by atoms with Gasteiger partial charge in [0.25, 0.3) is 5.91 Å². The Kier molecular flexibility index (Phi) is 4.68. The lowest BCUT2D eigenvalue weighted by molar-refractivity contribution is 0.0955. The highest BCUT2D eigenvalue weighted by Crippen LogP contribution is 2.29. The lowest BCUT2D eigenvalue weighted by Gasteiger charge is -2.07. The minimum atomic E-state index is -0.243. The number of hydrogen-bond acceptors (Lipinski definition) is 4. The number of rotatable bonds is 5. The van der Waals surface area contributed by atoms with E-state index in [1.807, 2.05) is 42.5 Å². The van der Waals surface area contributed by atoms with Crippen molar-refractivity contribution in [1.82, 2.24) is 15.3 Å². The Morgan fingerprint density at radius 1 is 0.964 bits per heavy atom. The summed E-state index contributed by atoms with van der Waals surface area (Å²) in [5.74, 6) is 0.587. The number of hydrogen-bond donors (Lipinski definition) is 4. The molecule has 0 spiro atoms. The number of imidazole rings is 1. The summed E-state index contributed by atoms with van der Waals surface area (Å²) in [6.45, 7) is 0.450. The maximum atomic E-state index is 12.7. The predicted octanol–water partition coefficient (Wildman–Crippen LogP) is 3.61. The van der Waals surface area contributed by atoms with Crippen LogP contribution in [0.2, 0.25) is 0 Å². The molecular weight excluding hydrogens is 354 g/mol. The number of aromatic nitrogens is 2. The minimum Gasteiger partial charge on any atom is -0.508 e. The number of nitrogens with one attached hydrogen (secondary N) is 2. The van der Waals surface area contributed by atoms with E-state index in [2.05, 4.69) is 15.3 Å². The van der Waals surface area contributed by atoms with Crippen molar-refractivity contribution in [3.63, 3.8) is 0 Å². The Bertz CT molecular complexity index is 1120. The number of phenolic OH excluding ortho intramolecular Hbond substituents is 2. The third-order valence-corrected chi connectivity index (χ3v) is 4.55. The van der Waals surface area contributed by atoms with Crippen LogP contribution >= 0.6 is 0 Å². The topological polar surface area (TPSA) is 98.2 Å². The van der Waals surface area contributed by atoms with Crippen molar-refractivity contribution in [3.05, 3.63) is 77.9 Å². The van der Waals surface area contributed by atoms with Crippen molar-refractivity contribution < 1.29 is 15.0 Å². The molecule has 0 bridgehead atoms. The molecule has 0 radical (unpaired) electrons. The van der Waals surface area contributed by atoms with E-state index >= 15 is 0 Å². The summed E-state index contributed by atoms with van der Waals surface area (Å²) in [5, 5.41) is 22.4. The zero-order chi connectivity index (χ0) is 19.5. The van der Waals surface area contributed by atoms with E-state index in [9.17, 15) is 15.0 Å². The van der Waals surface area contributed by atoms with Gasteiger partial charge in [0.1, 0.15) is 22.8 Å². The SMILES string of the molecule is O=C(NCCc1ccc(O)cc1)c1ccc(O)c2nc(-c3ccccc3)[nH]c12. The van der Waals surface area contributed by atoms with Gasteiger partial charge in [-0.2, -0.15) is 0 Å². The number of carbonyl (C=O) groups is 1. The number of aromatic amines is 1. The first-order valence-corrected chi connectivity index (χ1v) is 8.95. The van der Waals surface area contributed by atoms with Crippen LogP contribution in [0.4, 0.5) is 0 Å². The molecule has 4 N–H and O–H groups in total. The highest BCUT2D eigenvalue weighted by molar-refractivity contribution is 6.06. The van der Waals surface area contributed by atoms with Crippen molar-refractivity contribution >= 4 is 16.9 Å². The fraction of sp³-hybridized carbons (Fsp3) is 0.0909. The van der Waals surface area contributed by atoms with E-state index in [0.717, 1.165) is 11.1 Å². The fourth-order valence-electron chi connectivity index (χ4n) is 3.08. The molecule has 0 saturated carbocycles. The first-order valence-electron chi connectivity index (χ1n) is 8.95. The van der Waals surface area contributed by atoms with Crippen molar-refractivity contribution in [2.75, 3.05) is 6.54 Å². The van der Waals surface area contributed by atoms with Gasteiger partial charge in [-0.05, 0) is 36.2 Å². The molecule has 1 amide bonds. The maximum Gasteiger partial charge on any atom is 0.253 e.